The first-order valence-electron chi connectivity index (χ1n) is 8.06. The van der Waals surface area contributed by atoms with Crippen molar-refractivity contribution in [2.75, 3.05) is 25.2 Å². The maximum atomic E-state index is 13.6. The van der Waals surface area contributed by atoms with Gasteiger partial charge in [0.25, 0.3) is 5.91 Å². The fourth-order valence-corrected chi connectivity index (χ4v) is 3.08. The Bertz CT molecular complexity index is 807. The summed E-state index contributed by atoms with van der Waals surface area (Å²) in [6.45, 7) is 2.20. The number of rotatable bonds is 4. The van der Waals surface area contributed by atoms with E-state index in [2.05, 4.69) is 0 Å². The van der Waals surface area contributed by atoms with Gasteiger partial charge in [-0.2, -0.15) is 0 Å². The highest BCUT2D eigenvalue weighted by atomic mass is 19.1. The Hall–Kier alpha value is -2.63. The van der Waals surface area contributed by atoms with Gasteiger partial charge in [0.05, 0.1) is 12.8 Å². The van der Waals surface area contributed by atoms with Crippen LogP contribution in [0.25, 0.3) is 0 Å². The molecule has 1 heterocycles. The van der Waals surface area contributed by atoms with E-state index in [1.54, 1.807) is 12.0 Å². The quantitative estimate of drug-likeness (QED) is 0.848. The van der Waals surface area contributed by atoms with Crippen molar-refractivity contribution >= 4 is 11.6 Å². The maximum Gasteiger partial charge on any atom is 0.265 e. The second kappa shape index (κ2) is 7.09. The summed E-state index contributed by atoms with van der Waals surface area (Å²) in [5.74, 6) is -1.35. The highest BCUT2D eigenvalue weighted by Crippen LogP contribution is 2.38. The summed E-state index contributed by atoms with van der Waals surface area (Å²) in [6, 6.07) is 6.79. The van der Waals surface area contributed by atoms with Crippen molar-refractivity contribution < 1.29 is 23.0 Å². The molecule has 0 radical (unpaired) electrons. The Morgan fingerprint density at radius 1 is 1.20 bits per heavy atom. The normalized spacial score (nSPS) is 13.4. The molecule has 6 heteroatoms. The van der Waals surface area contributed by atoms with Crippen molar-refractivity contribution in [2.24, 2.45) is 0 Å². The van der Waals surface area contributed by atoms with Crippen LogP contribution in [-0.2, 0) is 11.2 Å². The first-order valence-corrected chi connectivity index (χ1v) is 8.06. The molecule has 0 N–H and O–H groups in total. The lowest BCUT2D eigenvalue weighted by Crippen LogP contribution is -2.39. The molecule has 0 aromatic heterocycles. The number of anilines is 1. The van der Waals surface area contributed by atoms with Gasteiger partial charge in [-0.1, -0.05) is 6.07 Å². The minimum absolute atomic E-state index is 0.150. The monoisotopic (exact) mass is 347 g/mol. The van der Waals surface area contributed by atoms with Crippen LogP contribution in [0.5, 0.6) is 11.5 Å². The van der Waals surface area contributed by atoms with Gasteiger partial charge in [0, 0.05) is 12.6 Å². The summed E-state index contributed by atoms with van der Waals surface area (Å²) in [6.07, 6.45) is 1.70. The Balaban J connectivity index is 1.81. The molecule has 0 bridgehead atoms. The van der Waals surface area contributed by atoms with Crippen molar-refractivity contribution in [1.82, 2.24) is 0 Å². The molecule has 2 aromatic carbocycles. The molecule has 0 spiro atoms. The van der Waals surface area contributed by atoms with Crippen molar-refractivity contribution in [3.05, 3.63) is 53.1 Å². The number of nitrogens with zero attached hydrogens (tertiary/aromatic N) is 1. The molecule has 25 heavy (non-hydrogen) atoms. The Kier molecular flexibility index (Phi) is 4.88. The van der Waals surface area contributed by atoms with Crippen molar-refractivity contribution in [1.29, 1.82) is 0 Å². The van der Waals surface area contributed by atoms with E-state index in [1.165, 1.54) is 6.07 Å². The zero-order chi connectivity index (χ0) is 18.0. The number of hydrogen-bond acceptors (Lipinski definition) is 3. The van der Waals surface area contributed by atoms with Gasteiger partial charge in [-0.25, -0.2) is 8.78 Å². The summed E-state index contributed by atoms with van der Waals surface area (Å²) in [5, 5.41) is 0. The number of fused-ring (bicyclic) bond motifs is 1. The smallest absolute Gasteiger partial charge is 0.265 e. The minimum atomic E-state index is -0.833. The zero-order valence-electron chi connectivity index (χ0n) is 14.1. The van der Waals surface area contributed by atoms with Crippen LogP contribution in [0.2, 0.25) is 0 Å². The molecule has 4 nitrogen and oxygen atoms in total. The van der Waals surface area contributed by atoms with Crippen molar-refractivity contribution in [3.8, 4) is 11.5 Å². The second-order valence-electron chi connectivity index (χ2n) is 5.92. The molecule has 0 saturated carbocycles. The maximum absolute atomic E-state index is 13.6. The molecule has 2 aromatic rings. The van der Waals surface area contributed by atoms with E-state index >= 15 is 0 Å². The Morgan fingerprint density at radius 3 is 2.68 bits per heavy atom. The van der Waals surface area contributed by atoms with E-state index in [4.69, 9.17) is 9.47 Å². The summed E-state index contributed by atoms with van der Waals surface area (Å²) < 4.78 is 37.2. The fourth-order valence-electron chi connectivity index (χ4n) is 3.08. The van der Waals surface area contributed by atoms with Crippen LogP contribution in [0.15, 0.2) is 30.3 Å². The Morgan fingerprint density at radius 2 is 1.96 bits per heavy atom. The lowest BCUT2D eigenvalue weighted by Gasteiger charge is -2.32. The predicted molar refractivity (Wildman–Crippen MR) is 90.3 cm³/mol. The van der Waals surface area contributed by atoms with Crippen molar-refractivity contribution in [2.45, 2.75) is 19.8 Å². The number of methoxy groups -OCH3 is 1. The van der Waals surface area contributed by atoms with E-state index in [9.17, 15) is 13.6 Å². The highest BCUT2D eigenvalue weighted by molar-refractivity contribution is 5.97. The second-order valence-corrected chi connectivity index (χ2v) is 5.92. The number of carbonyl (C=O) groups is 1. The van der Waals surface area contributed by atoms with Gasteiger partial charge in [-0.3, -0.25) is 4.79 Å². The number of carbonyl (C=O) groups excluding carboxylic acids is 1. The summed E-state index contributed by atoms with van der Waals surface area (Å²) in [7, 11) is 1.56. The number of aryl methyl sites for hydroxylation is 1. The first kappa shape index (κ1) is 17.2. The first-order chi connectivity index (χ1) is 12.0. The lowest BCUT2D eigenvalue weighted by molar-refractivity contribution is -0.120. The van der Waals surface area contributed by atoms with Crippen molar-refractivity contribution in [3.63, 3.8) is 0 Å². The third-order valence-electron chi connectivity index (χ3n) is 4.32. The molecule has 0 unspecified atom stereocenters. The largest absolute Gasteiger partial charge is 0.495 e. The van der Waals surface area contributed by atoms with Crippen LogP contribution >= 0.6 is 0 Å². The van der Waals surface area contributed by atoms with Crippen LogP contribution in [0.4, 0.5) is 14.5 Å². The molecule has 132 valence electrons. The van der Waals surface area contributed by atoms with Gasteiger partial charge in [0.1, 0.15) is 11.6 Å². The molecule has 0 aliphatic carbocycles. The molecular weight excluding hydrogens is 328 g/mol. The van der Waals surface area contributed by atoms with Crippen LogP contribution in [-0.4, -0.2) is 26.2 Å². The summed E-state index contributed by atoms with van der Waals surface area (Å²) in [4.78, 5) is 14.3. The highest BCUT2D eigenvalue weighted by Gasteiger charge is 2.27. The third kappa shape index (κ3) is 3.43. The van der Waals surface area contributed by atoms with E-state index in [0.29, 0.717) is 12.3 Å². The van der Waals surface area contributed by atoms with E-state index in [0.717, 1.165) is 41.8 Å². The van der Waals surface area contributed by atoms with E-state index in [1.807, 2.05) is 19.1 Å². The molecule has 0 saturated heterocycles. The van der Waals surface area contributed by atoms with E-state index < -0.39 is 11.6 Å². The van der Waals surface area contributed by atoms with Crippen LogP contribution in [0, 0.1) is 18.6 Å². The Labute approximate surface area is 145 Å². The van der Waals surface area contributed by atoms with Gasteiger partial charge < -0.3 is 14.4 Å². The van der Waals surface area contributed by atoms with Gasteiger partial charge in [0.15, 0.2) is 18.2 Å². The summed E-state index contributed by atoms with van der Waals surface area (Å²) in [5.41, 5.74) is 2.92. The van der Waals surface area contributed by atoms with Crippen LogP contribution in [0.3, 0.4) is 0 Å². The molecule has 0 atom stereocenters. The lowest BCUT2D eigenvalue weighted by atomic mass is 9.96. The zero-order valence-corrected chi connectivity index (χ0v) is 14.1. The van der Waals surface area contributed by atoms with E-state index in [-0.39, 0.29) is 18.3 Å². The fraction of sp³-hybridized carbons (Fsp3) is 0.316. The number of benzene rings is 2. The number of ether oxygens (including phenoxy) is 2. The average Bonchev–Trinajstić information content (AvgIpc) is 2.61. The average molecular weight is 347 g/mol. The predicted octanol–water partition coefficient (Wildman–Crippen LogP) is 3.64. The van der Waals surface area contributed by atoms with Gasteiger partial charge >= 0.3 is 0 Å². The molecule has 1 amide bonds. The molecule has 1 aliphatic heterocycles. The van der Waals surface area contributed by atoms with Gasteiger partial charge in [0.2, 0.25) is 0 Å². The van der Waals surface area contributed by atoms with Gasteiger partial charge in [-0.05, 0) is 49.1 Å². The number of hydrogen-bond donors (Lipinski definition) is 0. The molecule has 0 fully saturated rings. The number of amides is 1. The third-order valence-corrected chi connectivity index (χ3v) is 4.32. The van der Waals surface area contributed by atoms with Gasteiger partial charge in [-0.15, -0.1) is 0 Å². The molecular formula is C19H19F2NO3. The van der Waals surface area contributed by atoms with Crippen LogP contribution in [0.1, 0.15) is 17.5 Å². The molecule has 1 aliphatic rings. The minimum Gasteiger partial charge on any atom is -0.495 e. The molecule has 3 rings (SSSR count). The van der Waals surface area contributed by atoms with Crippen LogP contribution < -0.4 is 14.4 Å². The standard InChI is InChI=1S/C19H19F2NO3/c1-12-5-7-17(24-2)19-14(12)4-3-9-22(19)18(23)11-25-16-8-6-13(20)10-15(16)21/h5-8,10H,3-4,9,11H2,1-2H3. The summed E-state index contributed by atoms with van der Waals surface area (Å²) >= 11 is 0. The topological polar surface area (TPSA) is 38.8 Å². The SMILES string of the molecule is COc1ccc(C)c2c1N(C(=O)COc1ccc(F)cc1F)CCC2. The number of halogens is 2.